The van der Waals surface area contributed by atoms with Crippen molar-refractivity contribution in [2.24, 2.45) is 0 Å². The summed E-state index contributed by atoms with van der Waals surface area (Å²) in [5, 5.41) is 3.64. The van der Waals surface area contributed by atoms with E-state index in [-0.39, 0.29) is 17.5 Å². The van der Waals surface area contributed by atoms with E-state index in [0.717, 1.165) is 17.7 Å². The molecule has 0 aliphatic carbocycles. The number of aromatic nitrogens is 2. The van der Waals surface area contributed by atoms with Crippen LogP contribution in [0.3, 0.4) is 0 Å². The second kappa shape index (κ2) is 7.48. The maximum absolute atomic E-state index is 12.8. The van der Waals surface area contributed by atoms with Crippen LogP contribution in [-0.4, -0.2) is 22.1 Å². The molecular weight excluding hydrogens is 378 g/mol. The average molecular weight is 397 g/mol. The van der Waals surface area contributed by atoms with Crippen LogP contribution >= 0.6 is 0 Å². The van der Waals surface area contributed by atoms with E-state index in [2.05, 4.69) is 10.3 Å². The third-order valence-electron chi connectivity index (χ3n) is 5.34. The van der Waals surface area contributed by atoms with E-state index < -0.39 is 0 Å². The molecule has 148 valence electrons. The minimum Gasteiger partial charge on any atom is -0.493 e. The monoisotopic (exact) mass is 397 g/mol. The van der Waals surface area contributed by atoms with E-state index in [4.69, 9.17) is 4.74 Å². The molecule has 30 heavy (non-hydrogen) atoms. The van der Waals surface area contributed by atoms with E-state index >= 15 is 0 Å². The Kier molecular flexibility index (Phi) is 4.52. The van der Waals surface area contributed by atoms with Crippen LogP contribution in [0.25, 0.3) is 16.6 Å². The second-order valence-electron chi connectivity index (χ2n) is 7.18. The quantitative estimate of drug-likeness (QED) is 0.573. The fourth-order valence-electron chi connectivity index (χ4n) is 3.76. The highest BCUT2D eigenvalue weighted by Crippen LogP contribution is 2.31. The smallest absolute Gasteiger partial charge is 0.265 e. The van der Waals surface area contributed by atoms with Crippen molar-refractivity contribution < 1.29 is 9.53 Å². The summed E-state index contributed by atoms with van der Waals surface area (Å²) in [6, 6.07) is 21.8. The van der Waals surface area contributed by atoms with E-state index in [1.54, 1.807) is 30.3 Å². The van der Waals surface area contributed by atoms with E-state index in [1.165, 1.54) is 10.9 Å². The van der Waals surface area contributed by atoms with Crippen LogP contribution < -0.4 is 15.6 Å². The summed E-state index contributed by atoms with van der Waals surface area (Å²) >= 11 is 0. The van der Waals surface area contributed by atoms with Gasteiger partial charge in [-0.1, -0.05) is 30.3 Å². The lowest BCUT2D eigenvalue weighted by Gasteiger charge is -2.26. The van der Waals surface area contributed by atoms with Gasteiger partial charge in [-0.2, -0.15) is 0 Å². The van der Waals surface area contributed by atoms with Crippen LogP contribution in [0.15, 0.2) is 83.9 Å². The molecule has 5 rings (SSSR count). The van der Waals surface area contributed by atoms with Crippen molar-refractivity contribution in [1.29, 1.82) is 0 Å². The summed E-state index contributed by atoms with van der Waals surface area (Å²) in [5.74, 6) is 0.653. The van der Waals surface area contributed by atoms with Gasteiger partial charge in [0.25, 0.3) is 11.5 Å². The molecule has 1 N–H and O–H groups in total. The van der Waals surface area contributed by atoms with Crippen LogP contribution in [0.1, 0.15) is 28.4 Å². The highest BCUT2D eigenvalue weighted by molar-refractivity contribution is 5.94. The summed E-state index contributed by atoms with van der Waals surface area (Å²) < 4.78 is 7.14. The number of carbonyl (C=O) groups excluding carboxylic acids is 1. The molecule has 0 spiro atoms. The number of ether oxygens (including phenoxy) is 1. The zero-order valence-electron chi connectivity index (χ0n) is 16.1. The fraction of sp³-hybridized carbons (Fsp3) is 0.125. The molecule has 4 aromatic rings. The third-order valence-corrected chi connectivity index (χ3v) is 5.34. The predicted octanol–water partition coefficient (Wildman–Crippen LogP) is 3.64. The minimum atomic E-state index is -0.160. The summed E-state index contributed by atoms with van der Waals surface area (Å²) in [6.07, 6.45) is 2.23. The Morgan fingerprint density at radius 1 is 1.00 bits per heavy atom. The van der Waals surface area contributed by atoms with Gasteiger partial charge in [0.2, 0.25) is 0 Å². The fourth-order valence-corrected chi connectivity index (χ4v) is 3.76. The summed E-state index contributed by atoms with van der Waals surface area (Å²) in [7, 11) is 0. The van der Waals surface area contributed by atoms with Crippen molar-refractivity contribution in [3.05, 3.63) is 101 Å². The topological polar surface area (TPSA) is 73.2 Å². The summed E-state index contributed by atoms with van der Waals surface area (Å²) in [5.41, 5.74) is 2.70. The van der Waals surface area contributed by atoms with Gasteiger partial charge >= 0.3 is 0 Å². The Morgan fingerprint density at radius 2 is 1.77 bits per heavy atom. The number of nitrogens with one attached hydrogen (secondary N) is 1. The molecule has 0 saturated carbocycles. The normalized spacial score (nSPS) is 15.3. The molecule has 1 amide bonds. The molecule has 0 bridgehead atoms. The second-order valence-corrected chi connectivity index (χ2v) is 7.18. The molecule has 1 aliphatic heterocycles. The van der Waals surface area contributed by atoms with Crippen molar-refractivity contribution in [2.45, 2.75) is 12.5 Å². The van der Waals surface area contributed by atoms with Crippen molar-refractivity contribution in [3.8, 4) is 11.4 Å². The number of hydrogen-bond donors (Lipinski definition) is 1. The number of hydrogen-bond acceptors (Lipinski definition) is 4. The zero-order chi connectivity index (χ0) is 20.5. The molecule has 3 aromatic carbocycles. The van der Waals surface area contributed by atoms with Gasteiger partial charge in [-0.25, -0.2) is 4.98 Å². The van der Waals surface area contributed by atoms with Crippen LogP contribution in [0, 0.1) is 0 Å². The van der Waals surface area contributed by atoms with Gasteiger partial charge in [-0.3, -0.25) is 14.2 Å². The summed E-state index contributed by atoms with van der Waals surface area (Å²) in [4.78, 5) is 29.9. The number of nitrogens with zero attached hydrogens (tertiary/aromatic N) is 2. The van der Waals surface area contributed by atoms with Crippen molar-refractivity contribution in [1.82, 2.24) is 14.9 Å². The first-order valence-corrected chi connectivity index (χ1v) is 9.80. The van der Waals surface area contributed by atoms with Gasteiger partial charge in [-0.05, 0) is 42.5 Å². The van der Waals surface area contributed by atoms with Crippen molar-refractivity contribution in [2.75, 3.05) is 6.61 Å². The van der Waals surface area contributed by atoms with Crippen LogP contribution in [0.5, 0.6) is 5.75 Å². The lowest BCUT2D eigenvalue weighted by molar-refractivity contribution is 0.0925. The van der Waals surface area contributed by atoms with Gasteiger partial charge in [-0.15, -0.1) is 0 Å². The number of rotatable bonds is 3. The number of amides is 1. The van der Waals surface area contributed by atoms with Crippen LogP contribution in [0.4, 0.5) is 0 Å². The van der Waals surface area contributed by atoms with Gasteiger partial charge in [0.15, 0.2) is 0 Å². The van der Waals surface area contributed by atoms with E-state index in [9.17, 15) is 9.59 Å². The van der Waals surface area contributed by atoms with Gasteiger partial charge in [0.05, 0.1) is 29.2 Å². The molecule has 0 fully saturated rings. The molecule has 6 heteroatoms. The SMILES string of the molecule is O=C(N[C@H]1CCOc2ccccc21)c1ccc(-n2cnc3ccccc3c2=O)cc1. The van der Waals surface area contributed by atoms with Crippen LogP contribution in [-0.2, 0) is 0 Å². The predicted molar refractivity (Wildman–Crippen MR) is 114 cm³/mol. The standard InChI is InChI=1S/C24H19N3O3/c28-23(26-21-13-14-30-22-8-4-2-5-18(21)22)16-9-11-17(12-10-16)27-15-25-20-7-3-1-6-19(20)24(27)29/h1-12,15,21H,13-14H2,(H,26,28)/t21-/m0/s1. The van der Waals surface area contributed by atoms with E-state index in [1.807, 2.05) is 42.5 Å². The Labute approximate surface area is 172 Å². The average Bonchev–Trinajstić information content (AvgIpc) is 2.80. The van der Waals surface area contributed by atoms with Crippen LogP contribution in [0.2, 0.25) is 0 Å². The maximum atomic E-state index is 12.8. The first-order chi connectivity index (χ1) is 14.7. The lowest BCUT2D eigenvalue weighted by Crippen LogP contribution is -2.32. The third kappa shape index (κ3) is 3.22. The molecule has 0 radical (unpaired) electrons. The van der Waals surface area contributed by atoms with Crippen molar-refractivity contribution >= 4 is 16.8 Å². The zero-order valence-corrected chi connectivity index (χ0v) is 16.1. The lowest BCUT2D eigenvalue weighted by atomic mass is 10.00. The Morgan fingerprint density at radius 3 is 2.63 bits per heavy atom. The molecule has 2 heterocycles. The minimum absolute atomic E-state index is 0.0885. The molecular formula is C24H19N3O3. The molecule has 0 saturated heterocycles. The molecule has 6 nitrogen and oxygen atoms in total. The van der Waals surface area contributed by atoms with Gasteiger partial charge in [0.1, 0.15) is 12.1 Å². The van der Waals surface area contributed by atoms with Crippen molar-refractivity contribution in [3.63, 3.8) is 0 Å². The molecule has 1 aliphatic rings. The Bertz CT molecular complexity index is 1300. The van der Waals surface area contributed by atoms with Gasteiger partial charge in [0, 0.05) is 17.5 Å². The highest BCUT2D eigenvalue weighted by atomic mass is 16.5. The largest absolute Gasteiger partial charge is 0.493 e. The molecule has 1 aromatic heterocycles. The number of para-hydroxylation sites is 2. The molecule has 0 unspecified atom stereocenters. The maximum Gasteiger partial charge on any atom is 0.265 e. The number of benzene rings is 3. The molecule has 1 atom stereocenters. The first kappa shape index (κ1) is 18.1. The first-order valence-electron chi connectivity index (χ1n) is 9.80. The Balaban J connectivity index is 1.39. The number of carbonyl (C=O) groups is 1. The Hall–Kier alpha value is -3.93. The van der Waals surface area contributed by atoms with E-state index in [0.29, 0.717) is 28.8 Å². The van der Waals surface area contributed by atoms with Gasteiger partial charge < -0.3 is 10.1 Å². The number of fused-ring (bicyclic) bond motifs is 2. The highest BCUT2D eigenvalue weighted by Gasteiger charge is 2.23. The summed E-state index contributed by atoms with van der Waals surface area (Å²) in [6.45, 7) is 0.568.